The lowest BCUT2D eigenvalue weighted by molar-refractivity contribution is -0.116. The molecule has 1 atom stereocenters. The number of carbonyl (C=O) groups is 1. The number of rotatable bonds is 0. The van der Waals surface area contributed by atoms with Gasteiger partial charge in [0, 0.05) is 6.42 Å². The van der Waals surface area contributed by atoms with Gasteiger partial charge in [-0.2, -0.15) is 5.26 Å². The molecule has 0 aliphatic carbocycles. The van der Waals surface area contributed by atoms with Crippen molar-refractivity contribution in [3.8, 4) is 6.07 Å². The van der Waals surface area contributed by atoms with Gasteiger partial charge in [-0.3, -0.25) is 4.79 Å². The molecule has 9 heavy (non-hydrogen) atoms. The summed E-state index contributed by atoms with van der Waals surface area (Å²) in [7, 11) is 0. The van der Waals surface area contributed by atoms with E-state index in [9.17, 15) is 4.79 Å². The molecule has 0 amide bonds. The van der Waals surface area contributed by atoms with Gasteiger partial charge in [-0.05, 0) is 6.42 Å². The van der Waals surface area contributed by atoms with E-state index in [1.807, 2.05) is 0 Å². The predicted molar refractivity (Wildman–Crippen MR) is 36.1 cm³/mol. The van der Waals surface area contributed by atoms with E-state index in [0.29, 0.717) is 12.2 Å². The number of hydrogen-bond donors (Lipinski definition) is 0. The quantitative estimate of drug-likeness (QED) is 0.504. The lowest BCUT2D eigenvalue weighted by Gasteiger charge is -2.12. The fraction of sp³-hybridized carbons (Fsp3) is 0.667. The van der Waals surface area contributed by atoms with Crippen molar-refractivity contribution in [2.24, 2.45) is 0 Å². The monoisotopic (exact) mass is 141 g/mol. The smallest absolute Gasteiger partial charge is 0.142 e. The first kappa shape index (κ1) is 6.63. The molecule has 48 valence electrons. The van der Waals surface area contributed by atoms with Crippen molar-refractivity contribution in [1.29, 1.82) is 5.26 Å². The minimum absolute atomic E-state index is 0.0719. The molecular weight excluding hydrogens is 134 g/mol. The van der Waals surface area contributed by atoms with Gasteiger partial charge < -0.3 is 0 Å². The van der Waals surface area contributed by atoms with Gasteiger partial charge in [0.2, 0.25) is 0 Å². The van der Waals surface area contributed by atoms with Crippen LogP contribution >= 0.6 is 11.8 Å². The molecule has 0 aromatic heterocycles. The van der Waals surface area contributed by atoms with E-state index in [-0.39, 0.29) is 11.0 Å². The van der Waals surface area contributed by atoms with E-state index in [1.54, 1.807) is 0 Å². The highest BCUT2D eigenvalue weighted by Gasteiger charge is 2.17. The van der Waals surface area contributed by atoms with Crippen molar-refractivity contribution in [1.82, 2.24) is 0 Å². The molecule has 0 spiro atoms. The lowest BCUT2D eigenvalue weighted by Crippen LogP contribution is -2.15. The van der Waals surface area contributed by atoms with Crippen molar-refractivity contribution in [2.75, 3.05) is 5.75 Å². The topological polar surface area (TPSA) is 40.9 Å². The highest BCUT2D eigenvalue weighted by Crippen LogP contribution is 2.21. The summed E-state index contributed by atoms with van der Waals surface area (Å²) in [4.78, 5) is 10.6. The maximum absolute atomic E-state index is 10.6. The predicted octanol–water partition coefficient (Wildman–Crippen LogP) is 0.975. The fourth-order valence-electron chi connectivity index (χ4n) is 0.743. The van der Waals surface area contributed by atoms with Gasteiger partial charge in [0.1, 0.15) is 5.78 Å². The van der Waals surface area contributed by atoms with Crippen LogP contribution in [0.4, 0.5) is 0 Å². The second-order valence-corrected chi connectivity index (χ2v) is 3.20. The third kappa shape index (κ3) is 1.72. The van der Waals surface area contributed by atoms with Gasteiger partial charge in [-0.25, -0.2) is 0 Å². The van der Waals surface area contributed by atoms with Crippen LogP contribution in [0, 0.1) is 11.3 Å². The van der Waals surface area contributed by atoms with E-state index in [2.05, 4.69) is 6.07 Å². The minimum Gasteiger partial charge on any atom is -0.299 e. The van der Waals surface area contributed by atoms with Crippen LogP contribution in [-0.4, -0.2) is 16.8 Å². The van der Waals surface area contributed by atoms with Crippen molar-refractivity contribution >= 4 is 17.5 Å². The molecule has 1 fully saturated rings. The second kappa shape index (κ2) is 2.88. The summed E-state index contributed by atoms with van der Waals surface area (Å²) in [5.74, 6) is 0.824. The molecule has 1 rings (SSSR count). The highest BCUT2D eigenvalue weighted by molar-refractivity contribution is 8.00. The van der Waals surface area contributed by atoms with Crippen molar-refractivity contribution in [3.05, 3.63) is 0 Å². The zero-order valence-corrected chi connectivity index (χ0v) is 5.78. The molecular formula is C6H7NOS. The van der Waals surface area contributed by atoms with Gasteiger partial charge in [0.05, 0.1) is 17.1 Å². The Morgan fingerprint density at radius 1 is 1.78 bits per heavy atom. The Morgan fingerprint density at radius 3 is 3.00 bits per heavy atom. The molecule has 0 aromatic rings. The second-order valence-electron chi connectivity index (χ2n) is 2.01. The zero-order valence-electron chi connectivity index (χ0n) is 4.96. The first-order valence-corrected chi connectivity index (χ1v) is 3.90. The Labute approximate surface area is 58.2 Å². The maximum Gasteiger partial charge on any atom is 0.142 e. The molecule has 0 bridgehead atoms. The number of hydrogen-bond acceptors (Lipinski definition) is 3. The van der Waals surface area contributed by atoms with Crippen molar-refractivity contribution in [3.63, 3.8) is 0 Å². The van der Waals surface area contributed by atoms with Crippen molar-refractivity contribution < 1.29 is 4.79 Å². The summed E-state index contributed by atoms with van der Waals surface area (Å²) >= 11 is 1.46. The third-order valence-electron chi connectivity index (χ3n) is 1.27. The Bertz CT molecular complexity index is 151. The van der Waals surface area contributed by atoms with Crippen LogP contribution in [0.2, 0.25) is 0 Å². The zero-order chi connectivity index (χ0) is 6.69. The molecule has 0 radical (unpaired) electrons. The van der Waals surface area contributed by atoms with Crippen LogP contribution in [0.5, 0.6) is 0 Å². The third-order valence-corrected chi connectivity index (χ3v) is 2.51. The lowest BCUT2D eigenvalue weighted by atomic mass is 10.2. The van der Waals surface area contributed by atoms with Crippen LogP contribution in [0.1, 0.15) is 12.8 Å². The molecule has 0 N–H and O–H groups in total. The normalized spacial score (nSPS) is 27.4. The molecule has 0 aromatic carbocycles. The Hall–Kier alpha value is -0.490. The minimum atomic E-state index is 0.0719. The van der Waals surface area contributed by atoms with Crippen LogP contribution < -0.4 is 0 Å². The van der Waals surface area contributed by atoms with E-state index >= 15 is 0 Å². The largest absolute Gasteiger partial charge is 0.299 e. The standard InChI is InChI=1S/C6H7NOS/c7-3-6-2-1-5(8)4-9-6/h6H,1-2,4H2/t6-/m0/s1. The summed E-state index contributed by atoms with van der Waals surface area (Å²) in [5.41, 5.74) is 0. The molecule has 3 heteroatoms. The Balaban J connectivity index is 2.37. The van der Waals surface area contributed by atoms with E-state index in [4.69, 9.17) is 5.26 Å². The average Bonchev–Trinajstić information content (AvgIpc) is 1.90. The number of nitriles is 1. The molecule has 2 nitrogen and oxygen atoms in total. The van der Waals surface area contributed by atoms with Gasteiger partial charge in [0.25, 0.3) is 0 Å². The molecule has 1 aliphatic rings. The van der Waals surface area contributed by atoms with Gasteiger partial charge >= 0.3 is 0 Å². The average molecular weight is 141 g/mol. The summed E-state index contributed by atoms with van der Waals surface area (Å²) < 4.78 is 0. The molecule has 1 saturated heterocycles. The Morgan fingerprint density at radius 2 is 2.56 bits per heavy atom. The van der Waals surface area contributed by atoms with Gasteiger partial charge in [-0.1, -0.05) is 0 Å². The number of nitrogens with zero attached hydrogens (tertiary/aromatic N) is 1. The van der Waals surface area contributed by atoms with Crippen LogP contribution in [0.3, 0.4) is 0 Å². The number of ketones is 1. The molecule has 1 aliphatic heterocycles. The maximum atomic E-state index is 10.6. The van der Waals surface area contributed by atoms with Gasteiger partial charge in [-0.15, -0.1) is 11.8 Å². The highest BCUT2D eigenvalue weighted by atomic mass is 32.2. The van der Waals surface area contributed by atoms with Gasteiger partial charge in [0.15, 0.2) is 0 Å². The number of thioether (sulfide) groups is 1. The number of Topliss-reactive ketones (excluding diaryl/α,β-unsaturated/α-hetero) is 1. The van der Waals surface area contributed by atoms with Crippen molar-refractivity contribution in [2.45, 2.75) is 18.1 Å². The summed E-state index contributed by atoms with van der Waals surface area (Å²) in [6, 6.07) is 2.14. The fourth-order valence-corrected chi connectivity index (χ4v) is 1.63. The first-order valence-electron chi connectivity index (χ1n) is 2.86. The summed E-state index contributed by atoms with van der Waals surface area (Å²) in [6.45, 7) is 0. The molecule has 0 unspecified atom stereocenters. The van der Waals surface area contributed by atoms with E-state index in [0.717, 1.165) is 6.42 Å². The summed E-state index contributed by atoms with van der Waals surface area (Å²) in [5, 5.41) is 8.47. The van der Waals surface area contributed by atoms with Crippen LogP contribution in [-0.2, 0) is 4.79 Å². The first-order chi connectivity index (χ1) is 4.33. The summed E-state index contributed by atoms with van der Waals surface area (Å²) in [6.07, 6.45) is 1.35. The number of carbonyl (C=O) groups excluding carboxylic acids is 1. The molecule has 1 heterocycles. The molecule has 0 saturated carbocycles. The van der Waals surface area contributed by atoms with Crippen LogP contribution in [0.15, 0.2) is 0 Å². The SMILES string of the molecule is N#C[C@@H]1CCC(=O)CS1. The Kier molecular flexibility index (Phi) is 2.12. The van der Waals surface area contributed by atoms with Crippen LogP contribution in [0.25, 0.3) is 0 Å². The van der Waals surface area contributed by atoms with E-state index in [1.165, 1.54) is 11.8 Å². The van der Waals surface area contributed by atoms with E-state index < -0.39 is 0 Å².